The number of unbranched alkanes of at least 4 members (excludes halogenated alkanes) is 2. The highest BCUT2D eigenvalue weighted by molar-refractivity contribution is 6.30. The lowest BCUT2D eigenvalue weighted by Gasteiger charge is -2.22. The van der Waals surface area contributed by atoms with Crippen LogP contribution in [-0.4, -0.2) is 30.8 Å². The van der Waals surface area contributed by atoms with E-state index in [0.717, 1.165) is 38.8 Å². The number of benzene rings is 1. The van der Waals surface area contributed by atoms with Gasteiger partial charge in [-0.2, -0.15) is 0 Å². The SMILES string of the molecule is CCCCN(CCCC)C(=O)NCOc1ccc(Cl)cc1. The number of rotatable bonds is 9. The predicted molar refractivity (Wildman–Crippen MR) is 86.9 cm³/mol. The van der Waals surface area contributed by atoms with E-state index < -0.39 is 0 Å². The van der Waals surface area contributed by atoms with E-state index in [9.17, 15) is 4.79 Å². The average Bonchev–Trinajstić information content (AvgIpc) is 2.49. The van der Waals surface area contributed by atoms with E-state index in [-0.39, 0.29) is 12.8 Å². The van der Waals surface area contributed by atoms with Gasteiger partial charge < -0.3 is 15.0 Å². The van der Waals surface area contributed by atoms with Crippen molar-refractivity contribution in [2.75, 3.05) is 19.8 Å². The maximum atomic E-state index is 12.1. The van der Waals surface area contributed by atoms with Crippen LogP contribution < -0.4 is 10.1 Å². The van der Waals surface area contributed by atoms with Gasteiger partial charge in [-0.05, 0) is 37.1 Å². The minimum absolute atomic E-state index is 0.0640. The van der Waals surface area contributed by atoms with Crippen molar-refractivity contribution in [2.24, 2.45) is 0 Å². The molecule has 0 unspecified atom stereocenters. The Balaban J connectivity index is 2.35. The predicted octanol–water partition coefficient (Wildman–Crippen LogP) is 4.29. The summed E-state index contributed by atoms with van der Waals surface area (Å²) in [5.41, 5.74) is 0. The van der Waals surface area contributed by atoms with E-state index in [1.165, 1.54) is 0 Å². The summed E-state index contributed by atoms with van der Waals surface area (Å²) < 4.78 is 5.47. The summed E-state index contributed by atoms with van der Waals surface area (Å²) in [7, 11) is 0. The first-order valence-electron chi connectivity index (χ1n) is 7.58. The lowest BCUT2D eigenvalue weighted by Crippen LogP contribution is -2.42. The van der Waals surface area contributed by atoms with Crippen LogP contribution in [0.25, 0.3) is 0 Å². The van der Waals surface area contributed by atoms with Gasteiger partial charge in [-0.1, -0.05) is 38.3 Å². The zero-order valence-electron chi connectivity index (χ0n) is 12.9. The maximum Gasteiger partial charge on any atom is 0.320 e. The van der Waals surface area contributed by atoms with Crippen LogP contribution >= 0.6 is 11.6 Å². The van der Waals surface area contributed by atoms with Gasteiger partial charge in [0.1, 0.15) is 5.75 Å². The first-order chi connectivity index (χ1) is 10.2. The van der Waals surface area contributed by atoms with Gasteiger partial charge in [0.2, 0.25) is 0 Å². The molecule has 0 bridgehead atoms. The normalized spacial score (nSPS) is 10.2. The molecule has 0 aliphatic rings. The molecule has 0 saturated heterocycles. The maximum absolute atomic E-state index is 12.1. The Hall–Kier alpha value is -1.42. The fourth-order valence-electron chi connectivity index (χ4n) is 1.84. The largest absolute Gasteiger partial charge is 0.473 e. The standard InChI is InChI=1S/C16H25ClN2O2/c1-3-5-11-19(12-6-4-2)16(20)18-13-21-15-9-7-14(17)8-10-15/h7-10H,3-6,11-13H2,1-2H3,(H,18,20). The molecule has 2 amide bonds. The van der Waals surface area contributed by atoms with E-state index >= 15 is 0 Å². The number of ether oxygens (including phenoxy) is 1. The summed E-state index contributed by atoms with van der Waals surface area (Å²) in [5, 5.41) is 3.46. The van der Waals surface area contributed by atoms with E-state index in [1.54, 1.807) is 24.3 Å². The second kappa shape index (κ2) is 10.3. The Morgan fingerprint density at radius 1 is 1.14 bits per heavy atom. The minimum atomic E-state index is -0.0640. The summed E-state index contributed by atoms with van der Waals surface area (Å²) in [6, 6.07) is 7.01. The molecule has 1 aromatic rings. The van der Waals surface area contributed by atoms with Gasteiger partial charge in [0.15, 0.2) is 6.73 Å². The van der Waals surface area contributed by atoms with Crippen LogP contribution in [0.4, 0.5) is 4.79 Å². The van der Waals surface area contributed by atoms with Crippen molar-refractivity contribution < 1.29 is 9.53 Å². The van der Waals surface area contributed by atoms with E-state index in [1.807, 2.05) is 4.90 Å². The molecule has 0 heterocycles. The molecule has 5 heteroatoms. The molecule has 4 nitrogen and oxygen atoms in total. The zero-order valence-corrected chi connectivity index (χ0v) is 13.7. The van der Waals surface area contributed by atoms with Gasteiger partial charge in [-0.3, -0.25) is 0 Å². The second-order valence-corrected chi connectivity index (χ2v) is 5.36. The molecule has 1 aromatic carbocycles. The number of carbonyl (C=O) groups excluding carboxylic acids is 1. The van der Waals surface area contributed by atoms with Crippen LogP contribution in [0, 0.1) is 0 Å². The molecule has 0 atom stereocenters. The molecule has 0 aliphatic heterocycles. The topological polar surface area (TPSA) is 41.6 Å². The van der Waals surface area contributed by atoms with Gasteiger partial charge >= 0.3 is 6.03 Å². The zero-order chi connectivity index (χ0) is 15.5. The lowest BCUT2D eigenvalue weighted by atomic mass is 10.3. The fraction of sp³-hybridized carbons (Fsp3) is 0.562. The van der Waals surface area contributed by atoms with Crippen LogP contribution in [0.15, 0.2) is 24.3 Å². The monoisotopic (exact) mass is 312 g/mol. The third-order valence-electron chi connectivity index (χ3n) is 3.13. The number of hydrogen-bond acceptors (Lipinski definition) is 2. The van der Waals surface area contributed by atoms with Crippen molar-refractivity contribution in [2.45, 2.75) is 39.5 Å². The van der Waals surface area contributed by atoms with E-state index in [2.05, 4.69) is 19.2 Å². The van der Waals surface area contributed by atoms with Crippen LogP contribution in [0.1, 0.15) is 39.5 Å². The van der Waals surface area contributed by atoms with Crippen molar-refractivity contribution in [3.8, 4) is 5.75 Å². The molecular weight excluding hydrogens is 288 g/mol. The molecule has 21 heavy (non-hydrogen) atoms. The van der Waals surface area contributed by atoms with E-state index in [4.69, 9.17) is 16.3 Å². The lowest BCUT2D eigenvalue weighted by molar-refractivity contribution is 0.183. The van der Waals surface area contributed by atoms with Crippen molar-refractivity contribution in [3.05, 3.63) is 29.3 Å². The van der Waals surface area contributed by atoms with Gasteiger partial charge in [0.05, 0.1) is 0 Å². The summed E-state index contributed by atoms with van der Waals surface area (Å²) in [5.74, 6) is 0.688. The van der Waals surface area contributed by atoms with Gasteiger partial charge in [-0.15, -0.1) is 0 Å². The quantitative estimate of drug-likeness (QED) is 0.691. The third kappa shape index (κ3) is 7.23. The van der Waals surface area contributed by atoms with Gasteiger partial charge in [0, 0.05) is 18.1 Å². The van der Waals surface area contributed by atoms with E-state index in [0.29, 0.717) is 10.8 Å². The highest BCUT2D eigenvalue weighted by Crippen LogP contribution is 2.15. The van der Waals surface area contributed by atoms with Crippen molar-refractivity contribution in [1.82, 2.24) is 10.2 Å². The minimum Gasteiger partial charge on any atom is -0.473 e. The van der Waals surface area contributed by atoms with Crippen LogP contribution in [0.5, 0.6) is 5.75 Å². The Morgan fingerprint density at radius 3 is 2.24 bits per heavy atom. The average molecular weight is 313 g/mol. The van der Waals surface area contributed by atoms with Crippen LogP contribution in [-0.2, 0) is 0 Å². The number of carbonyl (C=O) groups is 1. The first kappa shape index (κ1) is 17.6. The second-order valence-electron chi connectivity index (χ2n) is 4.92. The molecule has 1 rings (SSSR count). The number of halogens is 1. The van der Waals surface area contributed by atoms with Crippen molar-refractivity contribution in [3.63, 3.8) is 0 Å². The molecule has 0 spiro atoms. The van der Waals surface area contributed by atoms with Crippen molar-refractivity contribution >= 4 is 17.6 Å². The van der Waals surface area contributed by atoms with Crippen LogP contribution in [0.2, 0.25) is 5.02 Å². The highest BCUT2D eigenvalue weighted by atomic mass is 35.5. The molecular formula is C16H25ClN2O2. The Kier molecular flexibility index (Phi) is 8.67. The smallest absolute Gasteiger partial charge is 0.320 e. The first-order valence-corrected chi connectivity index (χ1v) is 7.96. The number of urea groups is 1. The summed E-state index contributed by atoms with van der Waals surface area (Å²) in [4.78, 5) is 14.0. The summed E-state index contributed by atoms with van der Waals surface area (Å²) in [6.45, 7) is 6.00. The molecule has 0 radical (unpaired) electrons. The molecule has 0 aromatic heterocycles. The number of nitrogens with one attached hydrogen (secondary N) is 1. The van der Waals surface area contributed by atoms with Crippen molar-refractivity contribution in [1.29, 1.82) is 0 Å². The Bertz CT molecular complexity index is 401. The number of hydrogen-bond donors (Lipinski definition) is 1. The summed E-state index contributed by atoms with van der Waals surface area (Å²) in [6.07, 6.45) is 4.21. The summed E-state index contributed by atoms with van der Waals surface area (Å²) >= 11 is 5.80. The highest BCUT2D eigenvalue weighted by Gasteiger charge is 2.11. The molecule has 0 saturated carbocycles. The Morgan fingerprint density at radius 2 is 1.71 bits per heavy atom. The van der Waals surface area contributed by atoms with Gasteiger partial charge in [-0.25, -0.2) is 4.79 Å². The molecule has 0 aliphatic carbocycles. The van der Waals surface area contributed by atoms with Crippen LogP contribution in [0.3, 0.4) is 0 Å². The molecule has 1 N–H and O–H groups in total. The molecule has 0 fully saturated rings. The third-order valence-corrected chi connectivity index (χ3v) is 3.38. The Labute approximate surface area is 132 Å². The number of nitrogens with zero attached hydrogens (tertiary/aromatic N) is 1. The van der Waals surface area contributed by atoms with Gasteiger partial charge in [0.25, 0.3) is 0 Å². The molecule has 118 valence electrons. The number of amides is 2. The fourth-order valence-corrected chi connectivity index (χ4v) is 1.96.